The van der Waals surface area contributed by atoms with Gasteiger partial charge in [0.1, 0.15) is 0 Å². The van der Waals surface area contributed by atoms with Crippen LogP contribution in [0.2, 0.25) is 0 Å². The van der Waals surface area contributed by atoms with Gasteiger partial charge in [-0.3, -0.25) is 9.97 Å². The number of rotatable bonds is 5. The molecule has 0 saturated heterocycles. The van der Waals surface area contributed by atoms with Crippen molar-refractivity contribution in [3.8, 4) is 56.2 Å². The first kappa shape index (κ1) is 29.8. The monoisotopic (exact) mass is 662 g/mol. The Balaban J connectivity index is 1.28. The molecule has 0 N–H and O–H groups in total. The molecule has 7 aromatic carbocycles. The molecule has 10 aromatic rings. The zero-order valence-electron chi connectivity index (χ0n) is 28.1. The fraction of sp³-hybridized carbons (Fsp3) is 0. The van der Waals surface area contributed by atoms with Crippen molar-refractivity contribution in [2.45, 2.75) is 0 Å². The molecule has 3 heterocycles. The lowest BCUT2D eigenvalue weighted by atomic mass is 9.93. The highest BCUT2D eigenvalue weighted by Crippen LogP contribution is 2.39. The summed E-state index contributed by atoms with van der Waals surface area (Å²) in [4.78, 5) is 20.4. The molecule has 0 aliphatic rings. The maximum absolute atomic E-state index is 5.38. The van der Waals surface area contributed by atoms with Crippen LogP contribution in [0, 0.1) is 0 Å². The normalized spacial score (nSPS) is 11.5. The summed E-state index contributed by atoms with van der Waals surface area (Å²) in [6.07, 6.45) is 3.72. The van der Waals surface area contributed by atoms with E-state index in [1.54, 1.807) is 0 Å². The van der Waals surface area contributed by atoms with Gasteiger partial charge in [-0.15, -0.1) is 0 Å². The van der Waals surface area contributed by atoms with Crippen LogP contribution >= 0.6 is 0 Å². The lowest BCUT2D eigenvalue weighted by Gasteiger charge is -2.15. The molecular weight excluding hydrogens is 633 g/mol. The molecule has 0 unspecified atom stereocenters. The summed E-state index contributed by atoms with van der Waals surface area (Å²) in [5.74, 6) is 0.651. The van der Waals surface area contributed by atoms with Gasteiger partial charge < -0.3 is 0 Å². The molecule has 0 bridgehead atoms. The van der Waals surface area contributed by atoms with Gasteiger partial charge in [0, 0.05) is 51.0 Å². The average Bonchev–Trinajstić information content (AvgIpc) is 3.22. The number of nitrogens with zero attached hydrogens (tertiary/aromatic N) is 4. The molecular formula is C48H30N4. The second kappa shape index (κ2) is 12.4. The summed E-state index contributed by atoms with van der Waals surface area (Å²) >= 11 is 0. The summed E-state index contributed by atoms with van der Waals surface area (Å²) in [6.45, 7) is 0. The Labute approximate surface area is 300 Å². The minimum Gasteiger partial charge on any atom is -0.256 e. The lowest BCUT2D eigenvalue weighted by molar-refractivity contribution is 1.19. The molecule has 52 heavy (non-hydrogen) atoms. The second-order valence-electron chi connectivity index (χ2n) is 13.1. The van der Waals surface area contributed by atoms with Crippen molar-refractivity contribution in [3.63, 3.8) is 0 Å². The van der Waals surface area contributed by atoms with Gasteiger partial charge in [-0.25, -0.2) is 9.97 Å². The van der Waals surface area contributed by atoms with Gasteiger partial charge in [0.2, 0.25) is 0 Å². The zero-order chi connectivity index (χ0) is 34.4. The third kappa shape index (κ3) is 5.17. The van der Waals surface area contributed by atoms with Crippen molar-refractivity contribution in [2.24, 2.45) is 0 Å². The summed E-state index contributed by atoms with van der Waals surface area (Å²) in [5, 5.41) is 6.82. The van der Waals surface area contributed by atoms with Crippen LogP contribution in [0.3, 0.4) is 0 Å². The third-order valence-electron chi connectivity index (χ3n) is 9.94. The van der Waals surface area contributed by atoms with E-state index in [9.17, 15) is 0 Å². The van der Waals surface area contributed by atoms with Gasteiger partial charge in [0.25, 0.3) is 0 Å². The Kier molecular flexibility index (Phi) is 7.10. The first-order valence-electron chi connectivity index (χ1n) is 17.5. The van der Waals surface area contributed by atoms with Crippen molar-refractivity contribution >= 4 is 43.4 Å². The van der Waals surface area contributed by atoms with Crippen LogP contribution in [-0.4, -0.2) is 19.9 Å². The Morgan fingerprint density at radius 1 is 0.308 bits per heavy atom. The molecule has 4 nitrogen and oxygen atoms in total. The highest BCUT2D eigenvalue weighted by molar-refractivity contribution is 6.01. The van der Waals surface area contributed by atoms with Crippen LogP contribution in [-0.2, 0) is 0 Å². The van der Waals surface area contributed by atoms with Crippen LogP contribution in [0.1, 0.15) is 0 Å². The molecule has 0 saturated carbocycles. The number of fused-ring (bicyclic) bond motifs is 4. The van der Waals surface area contributed by atoms with E-state index in [0.29, 0.717) is 5.82 Å². The maximum atomic E-state index is 5.38. The van der Waals surface area contributed by atoms with Crippen molar-refractivity contribution < 1.29 is 0 Å². The molecule has 10 rings (SSSR count). The smallest absolute Gasteiger partial charge is 0.160 e. The largest absolute Gasteiger partial charge is 0.256 e. The van der Waals surface area contributed by atoms with E-state index in [1.807, 2.05) is 24.5 Å². The molecule has 242 valence electrons. The van der Waals surface area contributed by atoms with E-state index in [0.717, 1.165) is 82.9 Å². The molecule has 0 aliphatic carbocycles. The van der Waals surface area contributed by atoms with Crippen LogP contribution in [0.15, 0.2) is 182 Å². The number of pyridine rings is 2. The van der Waals surface area contributed by atoms with Gasteiger partial charge >= 0.3 is 0 Å². The maximum Gasteiger partial charge on any atom is 0.160 e. The van der Waals surface area contributed by atoms with Gasteiger partial charge in [-0.1, -0.05) is 133 Å². The van der Waals surface area contributed by atoms with E-state index in [4.69, 9.17) is 19.9 Å². The minimum absolute atomic E-state index is 0.651. The van der Waals surface area contributed by atoms with E-state index in [1.165, 1.54) is 10.8 Å². The highest BCUT2D eigenvalue weighted by Gasteiger charge is 2.18. The quantitative estimate of drug-likeness (QED) is 0.184. The van der Waals surface area contributed by atoms with Gasteiger partial charge in [0.15, 0.2) is 5.82 Å². The summed E-state index contributed by atoms with van der Waals surface area (Å²) in [7, 11) is 0. The summed E-state index contributed by atoms with van der Waals surface area (Å²) < 4.78 is 0. The summed E-state index contributed by atoms with van der Waals surface area (Å²) in [6, 6.07) is 59.5. The van der Waals surface area contributed by atoms with Crippen molar-refractivity contribution in [1.82, 2.24) is 19.9 Å². The van der Waals surface area contributed by atoms with Crippen LogP contribution in [0.4, 0.5) is 0 Å². The zero-order valence-corrected chi connectivity index (χ0v) is 28.1. The topological polar surface area (TPSA) is 51.6 Å². The van der Waals surface area contributed by atoms with E-state index in [2.05, 4.69) is 158 Å². The van der Waals surface area contributed by atoms with Gasteiger partial charge in [-0.05, 0) is 69.1 Å². The van der Waals surface area contributed by atoms with E-state index >= 15 is 0 Å². The van der Waals surface area contributed by atoms with Crippen LogP contribution < -0.4 is 0 Å². The minimum atomic E-state index is 0.651. The number of hydrogen-bond donors (Lipinski definition) is 0. The predicted octanol–water partition coefficient (Wildman–Crippen LogP) is 12.2. The Hall–Kier alpha value is -7.04. The number of aromatic nitrogens is 4. The van der Waals surface area contributed by atoms with Crippen molar-refractivity contribution in [1.29, 1.82) is 0 Å². The molecule has 0 atom stereocenters. The highest BCUT2D eigenvalue weighted by atomic mass is 14.9. The molecule has 0 aliphatic heterocycles. The van der Waals surface area contributed by atoms with Gasteiger partial charge in [0.05, 0.1) is 22.4 Å². The first-order chi connectivity index (χ1) is 25.8. The second-order valence-corrected chi connectivity index (χ2v) is 13.1. The molecule has 0 radical (unpaired) electrons. The fourth-order valence-corrected chi connectivity index (χ4v) is 7.49. The molecule has 4 heteroatoms. The predicted molar refractivity (Wildman–Crippen MR) is 215 cm³/mol. The Morgan fingerprint density at radius 3 is 1.23 bits per heavy atom. The van der Waals surface area contributed by atoms with Gasteiger partial charge in [-0.2, -0.15) is 0 Å². The van der Waals surface area contributed by atoms with Crippen LogP contribution in [0.5, 0.6) is 0 Å². The Morgan fingerprint density at radius 2 is 0.712 bits per heavy atom. The van der Waals surface area contributed by atoms with Crippen molar-refractivity contribution in [2.75, 3.05) is 0 Å². The molecule has 0 amide bonds. The van der Waals surface area contributed by atoms with E-state index < -0.39 is 0 Å². The summed E-state index contributed by atoms with van der Waals surface area (Å²) in [5.41, 5.74) is 10.9. The molecule has 0 fully saturated rings. The molecule has 3 aromatic heterocycles. The standard InChI is InChI=1S/C48H30N4/c1-3-19-38-31(11-1)13-5-23-42(38)44-30-45(43-24-6-14-32-12-2-4-20-39(32)43)52-48(51-44)37-28-35(40-21-7-15-33-17-9-25-49-46(33)40)27-36(29-37)41-22-8-16-34-18-10-26-50-47(34)41/h1-30H. The number of hydrogen-bond acceptors (Lipinski definition) is 4. The fourth-order valence-electron chi connectivity index (χ4n) is 7.49. The van der Waals surface area contributed by atoms with Crippen LogP contribution in [0.25, 0.3) is 99.5 Å². The average molecular weight is 663 g/mol. The number of benzene rings is 7. The van der Waals surface area contributed by atoms with E-state index in [-0.39, 0.29) is 0 Å². The first-order valence-corrected chi connectivity index (χ1v) is 17.5. The SMILES string of the molecule is c1ccc2c(-c3cc(-c4cccc5ccccc45)nc(-c4cc(-c5cccc6cccnc56)cc(-c5cccc6cccnc56)c4)n3)cccc2c1. The Bertz CT molecular complexity index is 2560. The molecule has 0 spiro atoms. The lowest BCUT2D eigenvalue weighted by Crippen LogP contribution is -1.98. The third-order valence-corrected chi connectivity index (χ3v) is 9.94. The van der Waals surface area contributed by atoms with Crippen molar-refractivity contribution in [3.05, 3.63) is 182 Å². The number of para-hydroxylation sites is 2.